The fourth-order valence-corrected chi connectivity index (χ4v) is 2.92. The van der Waals surface area contributed by atoms with Gasteiger partial charge in [0.2, 0.25) is 5.78 Å². The normalized spacial score (nSPS) is 29.9. The number of carbonyl (C=O) groups is 1. The van der Waals surface area contributed by atoms with E-state index >= 15 is 0 Å². The molecule has 2 bridgehead atoms. The van der Waals surface area contributed by atoms with Crippen LogP contribution >= 0.6 is 0 Å². The van der Waals surface area contributed by atoms with Crippen LogP contribution in [0, 0.1) is 5.92 Å². The van der Waals surface area contributed by atoms with Gasteiger partial charge in [-0.3, -0.25) is 9.69 Å². The van der Waals surface area contributed by atoms with Crippen molar-refractivity contribution in [1.82, 2.24) is 4.90 Å². The van der Waals surface area contributed by atoms with Gasteiger partial charge in [0.05, 0.1) is 12.8 Å². The Morgan fingerprint density at radius 1 is 1.53 bits per heavy atom. The third kappa shape index (κ3) is 1.61. The summed E-state index contributed by atoms with van der Waals surface area (Å²) < 4.78 is 5.11. The van der Waals surface area contributed by atoms with E-state index in [0.717, 1.165) is 12.5 Å². The number of nitrogens with zero attached hydrogens (tertiary/aromatic N) is 1. The van der Waals surface area contributed by atoms with Gasteiger partial charge < -0.3 is 4.42 Å². The molecule has 1 aromatic rings. The van der Waals surface area contributed by atoms with Gasteiger partial charge in [-0.05, 0) is 37.3 Å². The molecule has 0 spiro atoms. The lowest BCUT2D eigenvalue weighted by molar-refractivity contribution is 0.0877. The van der Waals surface area contributed by atoms with Crippen LogP contribution in [0.4, 0.5) is 0 Å². The molecule has 0 aromatic carbocycles. The van der Waals surface area contributed by atoms with Crippen LogP contribution in [0.3, 0.4) is 0 Å². The van der Waals surface area contributed by atoms with E-state index < -0.39 is 0 Å². The second-order valence-electron chi connectivity index (χ2n) is 4.66. The van der Waals surface area contributed by atoms with Crippen molar-refractivity contribution in [3.05, 3.63) is 24.2 Å². The summed E-state index contributed by atoms with van der Waals surface area (Å²) in [5, 5.41) is 0. The molecule has 2 aliphatic rings. The molecule has 1 aromatic heterocycles. The molecular formula is C12H15NO2. The number of rotatable bonds is 3. The molecule has 80 valence electrons. The van der Waals surface area contributed by atoms with Gasteiger partial charge in [-0.25, -0.2) is 0 Å². The number of piperidine rings is 1. The molecule has 2 atom stereocenters. The fourth-order valence-electron chi connectivity index (χ4n) is 2.92. The van der Waals surface area contributed by atoms with Gasteiger partial charge >= 0.3 is 0 Å². The molecule has 0 radical (unpaired) electrons. The Hall–Kier alpha value is -1.09. The van der Waals surface area contributed by atoms with E-state index in [2.05, 4.69) is 4.90 Å². The van der Waals surface area contributed by atoms with Crippen molar-refractivity contribution >= 4 is 5.78 Å². The van der Waals surface area contributed by atoms with Crippen molar-refractivity contribution in [3.63, 3.8) is 0 Å². The summed E-state index contributed by atoms with van der Waals surface area (Å²) >= 11 is 0. The summed E-state index contributed by atoms with van der Waals surface area (Å²) in [6, 6.07) is 4.17. The van der Waals surface area contributed by atoms with Crippen LogP contribution in [-0.2, 0) is 0 Å². The lowest BCUT2D eigenvalue weighted by Gasteiger charge is -2.25. The number of fused-ring (bicyclic) bond motifs is 2. The van der Waals surface area contributed by atoms with Crippen LogP contribution in [0.2, 0.25) is 0 Å². The summed E-state index contributed by atoms with van der Waals surface area (Å²) in [7, 11) is 0. The fraction of sp³-hybridized carbons (Fsp3) is 0.583. The van der Waals surface area contributed by atoms with Crippen LogP contribution in [-0.4, -0.2) is 29.8 Å². The number of likely N-dealkylation sites (tertiary alicyclic amines) is 1. The number of ketones is 1. The van der Waals surface area contributed by atoms with E-state index in [1.54, 1.807) is 18.4 Å². The van der Waals surface area contributed by atoms with Crippen LogP contribution in [0.1, 0.15) is 29.8 Å². The quantitative estimate of drug-likeness (QED) is 0.707. The average Bonchev–Trinajstić information content (AvgIpc) is 2.95. The van der Waals surface area contributed by atoms with Crippen LogP contribution in [0.25, 0.3) is 0 Å². The SMILES string of the molecule is O=C(CN1CC2CCC1C2)c1ccco1. The highest BCUT2D eigenvalue weighted by molar-refractivity contribution is 5.95. The molecule has 0 N–H and O–H groups in total. The highest BCUT2D eigenvalue weighted by Crippen LogP contribution is 2.37. The number of hydrogen-bond donors (Lipinski definition) is 0. The summed E-state index contributed by atoms with van der Waals surface area (Å²) in [4.78, 5) is 14.1. The molecule has 1 saturated heterocycles. The Balaban J connectivity index is 1.64. The largest absolute Gasteiger partial charge is 0.461 e. The minimum atomic E-state index is 0.118. The Morgan fingerprint density at radius 2 is 2.47 bits per heavy atom. The Labute approximate surface area is 89.1 Å². The summed E-state index contributed by atoms with van der Waals surface area (Å²) in [5.41, 5.74) is 0. The van der Waals surface area contributed by atoms with Crippen molar-refractivity contribution in [2.75, 3.05) is 13.1 Å². The van der Waals surface area contributed by atoms with Gasteiger partial charge in [0.1, 0.15) is 0 Å². The molecule has 3 heteroatoms. The average molecular weight is 205 g/mol. The first-order chi connectivity index (χ1) is 7.33. The van der Waals surface area contributed by atoms with Crippen molar-refractivity contribution < 1.29 is 9.21 Å². The predicted molar refractivity (Wildman–Crippen MR) is 55.7 cm³/mol. The molecule has 15 heavy (non-hydrogen) atoms. The van der Waals surface area contributed by atoms with Crippen molar-refractivity contribution in [3.8, 4) is 0 Å². The number of carbonyl (C=O) groups excluding carboxylic acids is 1. The van der Waals surface area contributed by atoms with Gasteiger partial charge in [0.25, 0.3) is 0 Å². The zero-order valence-electron chi connectivity index (χ0n) is 8.69. The molecular weight excluding hydrogens is 190 g/mol. The van der Waals surface area contributed by atoms with E-state index in [9.17, 15) is 4.79 Å². The van der Waals surface area contributed by atoms with Crippen LogP contribution in [0.15, 0.2) is 22.8 Å². The second-order valence-corrected chi connectivity index (χ2v) is 4.66. The maximum Gasteiger partial charge on any atom is 0.211 e. The third-order valence-electron chi connectivity index (χ3n) is 3.67. The molecule has 1 aliphatic heterocycles. The molecule has 2 fully saturated rings. The van der Waals surface area contributed by atoms with Gasteiger partial charge in [-0.15, -0.1) is 0 Å². The standard InChI is InChI=1S/C12H15NO2/c14-11(12-2-1-5-15-12)8-13-7-9-3-4-10(13)6-9/h1-2,5,9-10H,3-4,6-8H2. The maximum absolute atomic E-state index is 11.8. The van der Waals surface area contributed by atoms with Crippen LogP contribution < -0.4 is 0 Å². The topological polar surface area (TPSA) is 33.5 Å². The van der Waals surface area contributed by atoms with Crippen molar-refractivity contribution in [2.24, 2.45) is 5.92 Å². The minimum Gasteiger partial charge on any atom is -0.461 e. The molecule has 1 aliphatic carbocycles. The summed E-state index contributed by atoms with van der Waals surface area (Å²) in [6.07, 6.45) is 5.49. The van der Waals surface area contributed by atoms with Gasteiger partial charge in [0.15, 0.2) is 5.76 Å². The highest BCUT2D eigenvalue weighted by Gasteiger charge is 2.38. The molecule has 3 nitrogen and oxygen atoms in total. The molecule has 0 amide bonds. The lowest BCUT2D eigenvalue weighted by Crippen LogP contribution is -2.36. The van der Waals surface area contributed by atoms with Crippen molar-refractivity contribution in [2.45, 2.75) is 25.3 Å². The minimum absolute atomic E-state index is 0.118. The van der Waals surface area contributed by atoms with Gasteiger partial charge in [0, 0.05) is 12.6 Å². The van der Waals surface area contributed by atoms with E-state index in [-0.39, 0.29) is 5.78 Å². The van der Waals surface area contributed by atoms with Gasteiger partial charge in [-0.2, -0.15) is 0 Å². The maximum atomic E-state index is 11.8. The molecule has 1 saturated carbocycles. The number of hydrogen-bond acceptors (Lipinski definition) is 3. The smallest absolute Gasteiger partial charge is 0.211 e. The second kappa shape index (κ2) is 3.49. The lowest BCUT2D eigenvalue weighted by atomic mass is 10.1. The van der Waals surface area contributed by atoms with Crippen molar-refractivity contribution in [1.29, 1.82) is 0 Å². The zero-order chi connectivity index (χ0) is 10.3. The Morgan fingerprint density at radius 3 is 3.07 bits per heavy atom. The first-order valence-electron chi connectivity index (χ1n) is 5.63. The van der Waals surface area contributed by atoms with E-state index in [1.807, 2.05) is 0 Å². The van der Waals surface area contributed by atoms with E-state index in [4.69, 9.17) is 4.42 Å². The Kier molecular flexibility index (Phi) is 2.13. The Bertz CT molecular complexity index is 358. The number of furan rings is 1. The summed E-state index contributed by atoms with van der Waals surface area (Å²) in [5.74, 6) is 1.46. The van der Waals surface area contributed by atoms with E-state index in [1.165, 1.54) is 19.3 Å². The molecule has 2 heterocycles. The van der Waals surface area contributed by atoms with E-state index in [0.29, 0.717) is 18.3 Å². The predicted octanol–water partition coefficient (Wildman–Crippen LogP) is 1.95. The molecule has 2 unspecified atom stereocenters. The monoisotopic (exact) mass is 205 g/mol. The van der Waals surface area contributed by atoms with Crippen LogP contribution in [0.5, 0.6) is 0 Å². The first kappa shape index (κ1) is 9.16. The highest BCUT2D eigenvalue weighted by atomic mass is 16.3. The number of Topliss-reactive ketones (excluding diaryl/α,β-unsaturated/α-hetero) is 1. The van der Waals surface area contributed by atoms with Gasteiger partial charge in [-0.1, -0.05) is 0 Å². The zero-order valence-corrected chi connectivity index (χ0v) is 8.69. The molecule has 3 rings (SSSR count). The third-order valence-corrected chi connectivity index (χ3v) is 3.67. The first-order valence-corrected chi connectivity index (χ1v) is 5.63. The summed E-state index contributed by atoms with van der Waals surface area (Å²) in [6.45, 7) is 1.64.